The Labute approximate surface area is 117 Å². The van der Waals surface area contributed by atoms with E-state index in [0.29, 0.717) is 6.04 Å². The summed E-state index contributed by atoms with van der Waals surface area (Å²) in [6.45, 7) is 0. The molecule has 0 aliphatic heterocycles. The molecule has 1 aromatic carbocycles. The molecule has 94 valence electrons. The van der Waals surface area contributed by atoms with Gasteiger partial charge in [0.1, 0.15) is 0 Å². The van der Waals surface area contributed by atoms with Crippen molar-refractivity contribution >= 4 is 28.8 Å². The van der Waals surface area contributed by atoms with Crippen LogP contribution in [0.5, 0.6) is 0 Å². The topological polar surface area (TPSA) is 12.0 Å². The van der Waals surface area contributed by atoms with Crippen LogP contribution in [-0.4, -0.2) is 6.26 Å². The lowest BCUT2D eigenvalue weighted by atomic mass is 10.1. The van der Waals surface area contributed by atoms with E-state index >= 15 is 0 Å². The molecule has 1 N–H and O–H groups in total. The second-order valence-corrected chi connectivity index (χ2v) is 6.57. The highest BCUT2D eigenvalue weighted by molar-refractivity contribution is 7.98. The standard InChI is InChI=1S/C15H17NS2/c1-17-13-5-2-4-12(10-13)16-15(11-7-8-11)14-6-3-9-18-14/h2-6,9-11,15-16H,7-8H2,1H3. The number of hydrogen-bond donors (Lipinski definition) is 1. The van der Waals surface area contributed by atoms with Crippen LogP contribution < -0.4 is 5.32 Å². The van der Waals surface area contributed by atoms with Gasteiger partial charge in [0, 0.05) is 15.5 Å². The van der Waals surface area contributed by atoms with E-state index in [2.05, 4.69) is 53.4 Å². The smallest absolute Gasteiger partial charge is 0.0634 e. The number of rotatable bonds is 5. The molecule has 18 heavy (non-hydrogen) atoms. The van der Waals surface area contributed by atoms with Crippen molar-refractivity contribution in [2.45, 2.75) is 23.8 Å². The first-order chi connectivity index (χ1) is 8.86. The van der Waals surface area contributed by atoms with Crippen LogP contribution in [0.25, 0.3) is 0 Å². The van der Waals surface area contributed by atoms with Gasteiger partial charge in [0.05, 0.1) is 6.04 Å². The van der Waals surface area contributed by atoms with Gasteiger partial charge in [0.2, 0.25) is 0 Å². The molecule has 3 rings (SSSR count). The van der Waals surface area contributed by atoms with Crippen LogP contribution in [0.1, 0.15) is 23.8 Å². The largest absolute Gasteiger partial charge is 0.377 e. The van der Waals surface area contributed by atoms with Crippen LogP contribution in [0, 0.1) is 5.92 Å². The number of thiophene rings is 1. The van der Waals surface area contributed by atoms with Crippen molar-refractivity contribution in [1.82, 2.24) is 0 Å². The van der Waals surface area contributed by atoms with Crippen molar-refractivity contribution in [3.8, 4) is 0 Å². The lowest BCUT2D eigenvalue weighted by Crippen LogP contribution is -2.11. The van der Waals surface area contributed by atoms with E-state index in [1.165, 1.54) is 28.3 Å². The second kappa shape index (κ2) is 5.37. The molecule has 1 aliphatic rings. The van der Waals surface area contributed by atoms with Crippen molar-refractivity contribution in [3.63, 3.8) is 0 Å². The fraction of sp³-hybridized carbons (Fsp3) is 0.333. The summed E-state index contributed by atoms with van der Waals surface area (Å²) < 4.78 is 0. The van der Waals surface area contributed by atoms with E-state index in [1.807, 2.05) is 11.3 Å². The van der Waals surface area contributed by atoms with Gasteiger partial charge in [-0.25, -0.2) is 0 Å². The molecule has 0 amide bonds. The summed E-state index contributed by atoms with van der Waals surface area (Å²) in [5, 5.41) is 5.89. The molecule has 3 heteroatoms. The maximum absolute atomic E-state index is 3.72. The predicted octanol–water partition coefficient (Wildman–Crippen LogP) is 5.03. The minimum atomic E-state index is 0.502. The third-order valence-electron chi connectivity index (χ3n) is 3.34. The van der Waals surface area contributed by atoms with E-state index in [9.17, 15) is 0 Å². The Hall–Kier alpha value is -0.930. The van der Waals surface area contributed by atoms with Gasteiger partial charge >= 0.3 is 0 Å². The van der Waals surface area contributed by atoms with E-state index < -0.39 is 0 Å². The summed E-state index contributed by atoms with van der Waals surface area (Å²) in [6.07, 6.45) is 4.84. The Bertz CT molecular complexity index is 503. The summed E-state index contributed by atoms with van der Waals surface area (Å²) in [6, 6.07) is 13.6. The van der Waals surface area contributed by atoms with Gasteiger partial charge in [-0.05, 0) is 54.7 Å². The number of benzene rings is 1. The van der Waals surface area contributed by atoms with Gasteiger partial charge in [0.15, 0.2) is 0 Å². The Morgan fingerprint density at radius 3 is 2.83 bits per heavy atom. The Morgan fingerprint density at radius 2 is 2.17 bits per heavy atom. The highest BCUT2D eigenvalue weighted by atomic mass is 32.2. The van der Waals surface area contributed by atoms with Crippen molar-refractivity contribution in [2.75, 3.05) is 11.6 Å². The summed E-state index contributed by atoms with van der Waals surface area (Å²) >= 11 is 3.66. The van der Waals surface area contributed by atoms with Gasteiger partial charge in [-0.1, -0.05) is 12.1 Å². The quantitative estimate of drug-likeness (QED) is 0.768. The fourth-order valence-corrected chi connectivity index (χ4v) is 3.54. The summed E-state index contributed by atoms with van der Waals surface area (Å²) in [5.74, 6) is 0.821. The molecule has 1 aliphatic carbocycles. The van der Waals surface area contributed by atoms with Gasteiger partial charge < -0.3 is 5.32 Å². The fourth-order valence-electron chi connectivity index (χ4n) is 2.21. The molecule has 1 saturated carbocycles. The van der Waals surface area contributed by atoms with Crippen LogP contribution in [0.2, 0.25) is 0 Å². The number of anilines is 1. The molecule has 2 aromatic rings. The summed E-state index contributed by atoms with van der Waals surface area (Å²) in [4.78, 5) is 2.78. The average Bonchev–Trinajstić information content (AvgIpc) is 3.11. The van der Waals surface area contributed by atoms with E-state index in [4.69, 9.17) is 0 Å². The Balaban J connectivity index is 1.80. The number of hydrogen-bond acceptors (Lipinski definition) is 3. The first-order valence-corrected chi connectivity index (χ1v) is 8.41. The van der Waals surface area contributed by atoms with Crippen LogP contribution in [0.3, 0.4) is 0 Å². The molecule has 1 nitrogen and oxygen atoms in total. The summed E-state index contributed by atoms with van der Waals surface area (Å²) in [5.41, 5.74) is 1.24. The first-order valence-electron chi connectivity index (χ1n) is 6.31. The van der Waals surface area contributed by atoms with Crippen molar-refractivity contribution in [2.24, 2.45) is 5.92 Å². The molecule has 1 fully saturated rings. The van der Waals surface area contributed by atoms with Crippen molar-refractivity contribution in [1.29, 1.82) is 0 Å². The monoisotopic (exact) mass is 275 g/mol. The number of thioether (sulfide) groups is 1. The van der Waals surface area contributed by atoms with Crippen LogP contribution >= 0.6 is 23.1 Å². The van der Waals surface area contributed by atoms with E-state index in [-0.39, 0.29) is 0 Å². The summed E-state index contributed by atoms with van der Waals surface area (Å²) in [7, 11) is 0. The molecule has 1 atom stereocenters. The maximum atomic E-state index is 3.72. The zero-order valence-corrected chi connectivity index (χ0v) is 12.1. The Morgan fingerprint density at radius 1 is 1.28 bits per heavy atom. The van der Waals surface area contributed by atoms with Crippen LogP contribution in [-0.2, 0) is 0 Å². The van der Waals surface area contributed by atoms with Gasteiger partial charge in [-0.2, -0.15) is 0 Å². The Kier molecular flexibility index (Phi) is 3.62. The van der Waals surface area contributed by atoms with Crippen LogP contribution in [0.4, 0.5) is 5.69 Å². The lowest BCUT2D eigenvalue weighted by Gasteiger charge is -2.18. The highest BCUT2D eigenvalue weighted by Gasteiger charge is 2.32. The SMILES string of the molecule is CSc1cccc(NC(c2cccs2)C2CC2)c1. The second-order valence-electron chi connectivity index (χ2n) is 4.71. The van der Waals surface area contributed by atoms with Gasteiger partial charge in [-0.3, -0.25) is 0 Å². The van der Waals surface area contributed by atoms with Crippen molar-refractivity contribution < 1.29 is 0 Å². The normalized spacial score (nSPS) is 16.5. The molecule has 1 unspecified atom stereocenters. The third kappa shape index (κ3) is 2.73. The zero-order chi connectivity index (χ0) is 12.4. The molecular formula is C15H17NS2. The molecule has 0 saturated heterocycles. The maximum Gasteiger partial charge on any atom is 0.0634 e. The zero-order valence-electron chi connectivity index (χ0n) is 10.4. The highest BCUT2D eigenvalue weighted by Crippen LogP contribution is 2.44. The average molecular weight is 275 g/mol. The van der Waals surface area contributed by atoms with Crippen molar-refractivity contribution in [3.05, 3.63) is 46.7 Å². The van der Waals surface area contributed by atoms with Gasteiger partial charge in [-0.15, -0.1) is 23.1 Å². The third-order valence-corrected chi connectivity index (χ3v) is 5.02. The molecule has 0 radical (unpaired) electrons. The van der Waals surface area contributed by atoms with Crippen LogP contribution in [0.15, 0.2) is 46.7 Å². The van der Waals surface area contributed by atoms with E-state index in [0.717, 1.165) is 5.92 Å². The predicted molar refractivity (Wildman–Crippen MR) is 81.6 cm³/mol. The molecule has 0 bridgehead atoms. The minimum absolute atomic E-state index is 0.502. The van der Waals surface area contributed by atoms with E-state index in [1.54, 1.807) is 11.8 Å². The minimum Gasteiger partial charge on any atom is -0.377 e. The molecule has 0 spiro atoms. The van der Waals surface area contributed by atoms with Gasteiger partial charge in [0.25, 0.3) is 0 Å². The lowest BCUT2D eigenvalue weighted by molar-refractivity contribution is 0.691. The molecule has 1 aromatic heterocycles. The number of nitrogens with one attached hydrogen (secondary N) is 1. The first kappa shape index (κ1) is 12.1. The molecular weight excluding hydrogens is 258 g/mol. The molecule has 1 heterocycles.